The maximum atomic E-state index is 12.1. The molecule has 0 spiro atoms. The van der Waals surface area contributed by atoms with Crippen LogP contribution in [-0.4, -0.2) is 47.4 Å². The van der Waals surface area contributed by atoms with E-state index in [2.05, 4.69) is 25.9 Å². The Labute approximate surface area is 136 Å². The van der Waals surface area contributed by atoms with Crippen LogP contribution in [0, 0.1) is 0 Å². The minimum absolute atomic E-state index is 0.337. The van der Waals surface area contributed by atoms with Gasteiger partial charge in [0.25, 0.3) is 5.91 Å². The van der Waals surface area contributed by atoms with Gasteiger partial charge in [0.2, 0.25) is 0 Å². The average molecular weight is 363 g/mol. The van der Waals surface area contributed by atoms with Crippen molar-refractivity contribution in [1.29, 1.82) is 0 Å². The Morgan fingerprint density at radius 2 is 2.32 bits per heavy atom. The molecular weight excluding hydrogens is 348 g/mol. The Morgan fingerprint density at radius 3 is 3.09 bits per heavy atom. The lowest BCUT2D eigenvalue weighted by molar-refractivity contribution is 0.0998. The van der Waals surface area contributed by atoms with E-state index in [-0.39, 0.29) is 5.91 Å². The minimum Gasteiger partial charge on any atom is -0.491 e. The predicted molar refractivity (Wildman–Crippen MR) is 87.4 cm³/mol. The van der Waals surface area contributed by atoms with Crippen molar-refractivity contribution < 1.29 is 9.53 Å². The normalized spacial score (nSPS) is 13.2. The van der Waals surface area contributed by atoms with Crippen molar-refractivity contribution in [3.05, 3.63) is 34.6 Å². The molecule has 0 N–H and O–H groups in total. The first-order chi connectivity index (χ1) is 10.5. The number of aliphatic imine (C=N–C) groups is 1. The summed E-state index contributed by atoms with van der Waals surface area (Å²) >= 11 is 3.43. The summed E-state index contributed by atoms with van der Waals surface area (Å²) in [4.78, 5) is 22.1. The second-order valence-electron chi connectivity index (χ2n) is 5.15. The molecule has 1 aliphatic rings. The first-order valence-corrected chi connectivity index (χ1v) is 7.59. The van der Waals surface area contributed by atoms with E-state index >= 15 is 0 Å². The molecule has 0 saturated heterocycles. The van der Waals surface area contributed by atoms with Crippen LogP contribution >= 0.6 is 15.9 Å². The van der Waals surface area contributed by atoms with Crippen molar-refractivity contribution in [1.82, 2.24) is 14.5 Å². The summed E-state index contributed by atoms with van der Waals surface area (Å²) in [7, 11) is 3.62. The van der Waals surface area contributed by atoms with Gasteiger partial charge in [-0.15, -0.1) is 0 Å². The largest absolute Gasteiger partial charge is 0.491 e. The van der Waals surface area contributed by atoms with Gasteiger partial charge in [-0.1, -0.05) is 15.9 Å². The lowest BCUT2D eigenvalue weighted by atomic mass is 10.2. The highest BCUT2D eigenvalue weighted by Crippen LogP contribution is 2.34. The topological polar surface area (TPSA) is 59.7 Å². The van der Waals surface area contributed by atoms with Gasteiger partial charge < -0.3 is 14.2 Å². The third-order valence-corrected chi connectivity index (χ3v) is 3.67. The molecule has 1 amide bonds. The fourth-order valence-electron chi connectivity index (χ4n) is 2.19. The zero-order chi connectivity index (χ0) is 15.7. The fraction of sp³-hybridized carbons (Fsp3) is 0.267. The van der Waals surface area contributed by atoms with Gasteiger partial charge >= 0.3 is 0 Å². The van der Waals surface area contributed by atoms with Crippen LogP contribution in [-0.2, 0) is 6.54 Å². The first-order valence-electron chi connectivity index (χ1n) is 6.79. The van der Waals surface area contributed by atoms with Crippen molar-refractivity contribution in [3.63, 3.8) is 0 Å². The summed E-state index contributed by atoms with van der Waals surface area (Å²) in [6.45, 7) is 1.17. The Morgan fingerprint density at radius 1 is 1.50 bits per heavy atom. The summed E-state index contributed by atoms with van der Waals surface area (Å²) in [5, 5.41) is 0. The van der Waals surface area contributed by atoms with Gasteiger partial charge in [0.1, 0.15) is 23.9 Å². The third-order valence-electron chi connectivity index (χ3n) is 3.18. The minimum atomic E-state index is -0.353. The van der Waals surface area contributed by atoms with Crippen LogP contribution in [0.1, 0.15) is 10.5 Å². The summed E-state index contributed by atoms with van der Waals surface area (Å²) in [5.74, 6) is 1.13. The maximum absolute atomic E-state index is 12.1. The molecule has 0 radical (unpaired) electrons. The van der Waals surface area contributed by atoms with Crippen LogP contribution in [0.5, 0.6) is 5.75 Å². The molecule has 2 aromatic rings. The Bertz CT molecular complexity index is 752. The van der Waals surface area contributed by atoms with Gasteiger partial charge in [-0.05, 0) is 18.2 Å². The highest BCUT2D eigenvalue weighted by atomic mass is 79.9. The highest BCUT2D eigenvalue weighted by Gasteiger charge is 2.20. The van der Waals surface area contributed by atoms with Crippen LogP contribution in [0.3, 0.4) is 0 Å². The number of ether oxygens (including phenoxy) is 1. The van der Waals surface area contributed by atoms with Gasteiger partial charge in [0.15, 0.2) is 0 Å². The van der Waals surface area contributed by atoms with Crippen LogP contribution in [0.15, 0.2) is 33.9 Å². The molecule has 3 rings (SSSR count). The summed E-state index contributed by atoms with van der Waals surface area (Å²) in [6.07, 6.45) is 3.20. The summed E-state index contributed by atoms with van der Waals surface area (Å²) < 4.78 is 8.61. The van der Waals surface area contributed by atoms with Crippen LogP contribution in [0.4, 0.5) is 0 Å². The Kier molecular flexibility index (Phi) is 3.98. The molecule has 0 atom stereocenters. The molecule has 1 aromatic heterocycles. The number of amides is 1. The zero-order valence-electron chi connectivity index (χ0n) is 12.3. The van der Waals surface area contributed by atoms with E-state index in [1.54, 1.807) is 11.1 Å². The number of hydrogen-bond acceptors (Lipinski definition) is 3. The number of halogens is 1. The van der Waals surface area contributed by atoms with Crippen molar-refractivity contribution in [3.8, 4) is 17.1 Å². The molecule has 114 valence electrons. The third kappa shape index (κ3) is 2.89. The molecule has 0 bridgehead atoms. The highest BCUT2D eigenvalue weighted by molar-refractivity contribution is 9.10. The van der Waals surface area contributed by atoms with Gasteiger partial charge in [-0.3, -0.25) is 4.79 Å². The molecule has 22 heavy (non-hydrogen) atoms. The molecule has 6 nitrogen and oxygen atoms in total. The van der Waals surface area contributed by atoms with Crippen LogP contribution in [0.25, 0.3) is 11.4 Å². The van der Waals surface area contributed by atoms with Crippen molar-refractivity contribution in [2.45, 2.75) is 6.54 Å². The quantitative estimate of drug-likeness (QED) is 0.608. The monoisotopic (exact) mass is 362 g/mol. The first kappa shape index (κ1) is 14.8. The van der Waals surface area contributed by atoms with Gasteiger partial charge in [0, 0.05) is 24.8 Å². The number of fused-ring (bicyclic) bond motifs is 3. The number of aromatic nitrogens is 2. The molecular formula is C15H15BrN4O2. The van der Waals surface area contributed by atoms with Crippen molar-refractivity contribution in [2.24, 2.45) is 4.99 Å². The maximum Gasteiger partial charge on any atom is 0.298 e. The Hall–Kier alpha value is -2.15. The van der Waals surface area contributed by atoms with E-state index < -0.39 is 0 Å². The molecule has 1 aliphatic heterocycles. The van der Waals surface area contributed by atoms with Crippen molar-refractivity contribution in [2.75, 3.05) is 20.7 Å². The van der Waals surface area contributed by atoms with E-state index in [0.29, 0.717) is 18.8 Å². The SMILES string of the molecule is CN(C)/C=N\C(=O)c1cn2c(n1)-c1ccc(Br)cc1OCC2. The van der Waals surface area contributed by atoms with Gasteiger partial charge in [-0.2, -0.15) is 4.99 Å². The molecule has 0 fully saturated rings. The number of nitrogens with zero attached hydrogens (tertiary/aromatic N) is 4. The molecule has 2 heterocycles. The molecule has 0 aliphatic carbocycles. The zero-order valence-corrected chi connectivity index (χ0v) is 13.9. The second kappa shape index (κ2) is 5.92. The van der Waals surface area contributed by atoms with Crippen LogP contribution < -0.4 is 4.74 Å². The molecule has 0 unspecified atom stereocenters. The number of imidazole rings is 1. The van der Waals surface area contributed by atoms with E-state index in [9.17, 15) is 4.79 Å². The summed E-state index contributed by atoms with van der Waals surface area (Å²) in [6, 6.07) is 5.77. The van der Waals surface area contributed by atoms with Crippen molar-refractivity contribution >= 4 is 28.2 Å². The van der Waals surface area contributed by atoms with E-state index in [4.69, 9.17) is 4.74 Å². The number of carbonyl (C=O) groups excluding carboxylic acids is 1. The number of hydrogen-bond donors (Lipinski definition) is 0. The molecule has 1 aromatic carbocycles. The second-order valence-corrected chi connectivity index (χ2v) is 6.06. The molecule has 7 heteroatoms. The number of carbonyl (C=O) groups is 1. The van der Waals surface area contributed by atoms with E-state index in [0.717, 1.165) is 21.6 Å². The standard InChI is InChI=1S/C15H15BrN4O2/c1-19(2)9-17-15(21)12-8-20-5-6-22-13-7-10(16)3-4-11(13)14(20)18-12/h3-4,7-9H,5-6H2,1-2H3/b17-9-. The van der Waals surface area contributed by atoms with E-state index in [1.165, 1.54) is 6.34 Å². The van der Waals surface area contributed by atoms with Gasteiger partial charge in [-0.25, -0.2) is 4.98 Å². The summed E-state index contributed by atoms with van der Waals surface area (Å²) in [5.41, 5.74) is 1.21. The van der Waals surface area contributed by atoms with Crippen LogP contribution in [0.2, 0.25) is 0 Å². The lowest BCUT2D eigenvalue weighted by Gasteiger charge is -2.06. The number of benzene rings is 1. The lowest BCUT2D eigenvalue weighted by Crippen LogP contribution is -2.10. The Balaban J connectivity index is 2.01. The number of rotatable bonds is 2. The fourth-order valence-corrected chi connectivity index (χ4v) is 2.53. The van der Waals surface area contributed by atoms with E-state index in [1.807, 2.05) is 36.9 Å². The van der Waals surface area contributed by atoms with Gasteiger partial charge in [0.05, 0.1) is 18.4 Å². The predicted octanol–water partition coefficient (Wildman–Crippen LogP) is 2.44. The smallest absolute Gasteiger partial charge is 0.298 e. The molecule has 0 saturated carbocycles. The average Bonchev–Trinajstić information content (AvgIpc) is 2.82.